The number of hydrogen-bond acceptors (Lipinski definition) is 4. The van der Waals surface area contributed by atoms with Crippen LogP contribution in [0.15, 0.2) is 24.4 Å². The fourth-order valence-corrected chi connectivity index (χ4v) is 2.70. The summed E-state index contributed by atoms with van der Waals surface area (Å²) in [6.45, 7) is 2.03. The quantitative estimate of drug-likeness (QED) is 0.886. The van der Waals surface area contributed by atoms with Gasteiger partial charge in [-0.1, -0.05) is 6.07 Å². The molecule has 1 aliphatic carbocycles. The van der Waals surface area contributed by atoms with Crippen LogP contribution in [0.5, 0.6) is 0 Å². The summed E-state index contributed by atoms with van der Waals surface area (Å²) in [4.78, 5) is 14.4. The molecule has 1 amide bonds. The van der Waals surface area contributed by atoms with Crippen molar-refractivity contribution in [3.8, 4) is 0 Å². The number of aromatic nitrogens is 3. The molecule has 0 atom stereocenters. The normalized spacial score (nSPS) is 18.0. The monoisotopic (exact) mass is 269 g/mol. The molecule has 0 spiro atoms. The first-order valence-electron chi connectivity index (χ1n) is 6.82. The number of hydrogen-bond donors (Lipinski definition) is 2. The molecule has 20 heavy (non-hydrogen) atoms. The van der Waals surface area contributed by atoms with Crippen molar-refractivity contribution in [2.75, 3.05) is 5.32 Å². The zero-order valence-corrected chi connectivity index (χ0v) is 11.0. The molecule has 1 saturated carbocycles. The number of carbonyl (C=O) groups excluding carboxylic acids is 1. The van der Waals surface area contributed by atoms with E-state index >= 15 is 0 Å². The Bertz CT molecular complexity index is 648. The molecule has 2 aliphatic rings. The maximum Gasteiger partial charge on any atom is 0.277 e. The van der Waals surface area contributed by atoms with Gasteiger partial charge in [-0.2, -0.15) is 15.4 Å². The summed E-state index contributed by atoms with van der Waals surface area (Å²) >= 11 is 0. The first-order chi connectivity index (χ1) is 9.79. The molecule has 0 radical (unpaired) electrons. The van der Waals surface area contributed by atoms with Crippen molar-refractivity contribution >= 4 is 11.6 Å². The average molecular weight is 269 g/mol. The highest BCUT2D eigenvalue weighted by Gasteiger charge is 2.32. The summed E-state index contributed by atoms with van der Waals surface area (Å²) < 4.78 is 0. The Kier molecular flexibility index (Phi) is 2.56. The van der Waals surface area contributed by atoms with Crippen LogP contribution in [-0.4, -0.2) is 32.3 Å². The van der Waals surface area contributed by atoms with Crippen LogP contribution in [0.3, 0.4) is 0 Å². The maximum atomic E-state index is 11.9. The second kappa shape index (κ2) is 4.42. The van der Waals surface area contributed by atoms with Crippen molar-refractivity contribution in [2.24, 2.45) is 0 Å². The third kappa shape index (κ3) is 2.08. The van der Waals surface area contributed by atoms with Crippen molar-refractivity contribution in [2.45, 2.75) is 32.0 Å². The Balaban J connectivity index is 1.50. The Labute approximate surface area is 116 Å². The highest BCUT2D eigenvalue weighted by atomic mass is 16.2. The van der Waals surface area contributed by atoms with Gasteiger partial charge in [-0.25, -0.2) is 0 Å². The second-order valence-corrected chi connectivity index (χ2v) is 5.43. The Hall–Kier alpha value is -2.21. The molecule has 6 nitrogen and oxygen atoms in total. The van der Waals surface area contributed by atoms with Crippen LogP contribution >= 0.6 is 0 Å². The molecule has 1 aromatic heterocycles. The van der Waals surface area contributed by atoms with Gasteiger partial charge in [0.15, 0.2) is 5.69 Å². The number of fused-ring (bicyclic) bond motifs is 1. The Morgan fingerprint density at radius 3 is 2.90 bits per heavy atom. The van der Waals surface area contributed by atoms with Crippen LogP contribution in [0.2, 0.25) is 0 Å². The molecule has 102 valence electrons. The number of amides is 1. The van der Waals surface area contributed by atoms with E-state index in [4.69, 9.17) is 0 Å². The summed E-state index contributed by atoms with van der Waals surface area (Å²) in [5, 5.41) is 12.7. The van der Waals surface area contributed by atoms with Crippen LogP contribution in [0, 0.1) is 0 Å². The van der Waals surface area contributed by atoms with E-state index in [0.29, 0.717) is 5.69 Å². The zero-order valence-electron chi connectivity index (χ0n) is 11.0. The van der Waals surface area contributed by atoms with Gasteiger partial charge >= 0.3 is 0 Å². The van der Waals surface area contributed by atoms with Gasteiger partial charge in [0.2, 0.25) is 0 Å². The molecule has 1 fully saturated rings. The SMILES string of the molecule is O=C(Nc1ccc2c(c1)CN(C1CC1)C2)c1cn[nH]n1. The molecule has 4 rings (SSSR count). The molecular weight excluding hydrogens is 254 g/mol. The molecule has 2 aromatic rings. The number of H-pyrrole nitrogens is 1. The van der Waals surface area contributed by atoms with E-state index in [1.54, 1.807) is 0 Å². The van der Waals surface area contributed by atoms with Crippen molar-refractivity contribution < 1.29 is 4.79 Å². The third-order valence-electron chi connectivity index (χ3n) is 3.92. The molecule has 0 unspecified atom stereocenters. The lowest BCUT2D eigenvalue weighted by Crippen LogP contribution is -2.18. The molecule has 6 heteroatoms. The molecule has 1 aliphatic heterocycles. The third-order valence-corrected chi connectivity index (χ3v) is 3.92. The highest BCUT2D eigenvalue weighted by molar-refractivity contribution is 6.02. The van der Waals surface area contributed by atoms with Gasteiger partial charge in [-0.3, -0.25) is 9.69 Å². The number of nitrogens with one attached hydrogen (secondary N) is 2. The van der Waals surface area contributed by atoms with Gasteiger partial charge < -0.3 is 5.32 Å². The van der Waals surface area contributed by atoms with E-state index in [-0.39, 0.29) is 5.91 Å². The van der Waals surface area contributed by atoms with Crippen LogP contribution in [0.4, 0.5) is 5.69 Å². The highest BCUT2D eigenvalue weighted by Crippen LogP contribution is 2.35. The van der Waals surface area contributed by atoms with Gasteiger partial charge in [0, 0.05) is 24.8 Å². The number of benzene rings is 1. The number of rotatable bonds is 3. The number of anilines is 1. The van der Waals surface area contributed by atoms with Crippen LogP contribution in [0.25, 0.3) is 0 Å². The zero-order chi connectivity index (χ0) is 13.5. The van der Waals surface area contributed by atoms with Gasteiger partial charge in [-0.05, 0) is 36.1 Å². The predicted molar refractivity (Wildman–Crippen MR) is 73.0 cm³/mol. The van der Waals surface area contributed by atoms with Crippen LogP contribution < -0.4 is 5.32 Å². The number of aromatic amines is 1. The molecule has 1 aromatic carbocycles. The van der Waals surface area contributed by atoms with Gasteiger partial charge in [0.1, 0.15) is 0 Å². The summed E-state index contributed by atoms with van der Waals surface area (Å²) in [6.07, 6.45) is 4.06. The largest absolute Gasteiger partial charge is 0.321 e. The molecule has 0 saturated heterocycles. The first-order valence-corrected chi connectivity index (χ1v) is 6.82. The van der Waals surface area contributed by atoms with Gasteiger partial charge in [0.05, 0.1) is 6.20 Å². The van der Waals surface area contributed by atoms with Gasteiger partial charge in [-0.15, -0.1) is 0 Å². The van der Waals surface area contributed by atoms with E-state index in [9.17, 15) is 4.79 Å². The molecule has 0 bridgehead atoms. The first kappa shape index (κ1) is 11.6. The number of nitrogens with zero attached hydrogens (tertiary/aromatic N) is 3. The number of carbonyl (C=O) groups is 1. The Morgan fingerprint density at radius 2 is 2.15 bits per heavy atom. The van der Waals surface area contributed by atoms with Crippen molar-refractivity contribution in [1.29, 1.82) is 0 Å². The van der Waals surface area contributed by atoms with Gasteiger partial charge in [0.25, 0.3) is 5.91 Å². The van der Waals surface area contributed by atoms with E-state index in [0.717, 1.165) is 24.8 Å². The summed E-state index contributed by atoms with van der Waals surface area (Å²) in [5.74, 6) is -0.240. The minimum atomic E-state index is -0.240. The topological polar surface area (TPSA) is 73.9 Å². The van der Waals surface area contributed by atoms with E-state index in [1.807, 2.05) is 6.07 Å². The molecule has 2 N–H and O–H groups in total. The summed E-state index contributed by atoms with van der Waals surface area (Å²) in [6, 6.07) is 6.90. The van der Waals surface area contributed by atoms with E-state index in [2.05, 4.69) is 37.8 Å². The van der Waals surface area contributed by atoms with Crippen molar-refractivity contribution in [3.63, 3.8) is 0 Å². The standard InChI is InChI=1S/C14H15N5O/c20-14(13-6-15-18-17-13)16-11-2-1-9-7-19(12-3-4-12)8-10(9)5-11/h1-2,5-6,12H,3-4,7-8H2,(H,16,20)(H,15,17,18). The lowest BCUT2D eigenvalue weighted by atomic mass is 10.1. The van der Waals surface area contributed by atoms with Crippen molar-refractivity contribution in [3.05, 3.63) is 41.2 Å². The lowest BCUT2D eigenvalue weighted by molar-refractivity contribution is 0.102. The van der Waals surface area contributed by atoms with Crippen LogP contribution in [-0.2, 0) is 13.1 Å². The fraction of sp³-hybridized carbons (Fsp3) is 0.357. The lowest BCUT2D eigenvalue weighted by Gasteiger charge is -2.11. The van der Waals surface area contributed by atoms with E-state index in [1.165, 1.54) is 30.2 Å². The van der Waals surface area contributed by atoms with Crippen LogP contribution in [0.1, 0.15) is 34.5 Å². The molecular formula is C14H15N5O. The maximum absolute atomic E-state index is 11.9. The molecule has 2 heterocycles. The smallest absolute Gasteiger partial charge is 0.277 e. The Morgan fingerprint density at radius 1 is 1.30 bits per heavy atom. The predicted octanol–water partition coefficient (Wildman–Crippen LogP) is 1.53. The average Bonchev–Trinajstić information content (AvgIpc) is 3.00. The minimum absolute atomic E-state index is 0.240. The summed E-state index contributed by atoms with van der Waals surface area (Å²) in [5.41, 5.74) is 3.80. The minimum Gasteiger partial charge on any atom is -0.321 e. The van der Waals surface area contributed by atoms with E-state index < -0.39 is 0 Å². The van der Waals surface area contributed by atoms with Crippen molar-refractivity contribution in [1.82, 2.24) is 20.3 Å². The fourth-order valence-electron chi connectivity index (χ4n) is 2.70. The second-order valence-electron chi connectivity index (χ2n) is 5.43. The summed E-state index contributed by atoms with van der Waals surface area (Å²) in [7, 11) is 0.